The van der Waals surface area contributed by atoms with E-state index in [1.54, 1.807) is 27.7 Å². The van der Waals surface area contributed by atoms with Gasteiger partial charge in [-0.1, -0.05) is 0 Å². The molecule has 0 bridgehead atoms. The summed E-state index contributed by atoms with van der Waals surface area (Å²) < 4.78 is 9.87. The summed E-state index contributed by atoms with van der Waals surface area (Å²) in [5, 5.41) is 19.0. The normalized spacial score (nSPS) is 13.6. The first-order chi connectivity index (χ1) is 14.0. The van der Waals surface area contributed by atoms with E-state index in [0.29, 0.717) is 11.4 Å². The number of carbonyl (C=O) groups excluding carboxylic acids is 3. The average Bonchev–Trinajstić information content (AvgIpc) is 2.61. The van der Waals surface area contributed by atoms with Gasteiger partial charge in [-0.2, -0.15) is 0 Å². The second kappa shape index (κ2) is 13.0. The number of aliphatic carboxylic acids is 2. The van der Waals surface area contributed by atoms with E-state index < -0.39 is 35.7 Å². The lowest BCUT2D eigenvalue weighted by Crippen LogP contribution is -2.40. The lowest BCUT2D eigenvalue weighted by atomic mass is 9.85. The number of carbonyl (C=O) groups is 5. The van der Waals surface area contributed by atoms with Gasteiger partial charge in [-0.05, 0) is 34.1 Å². The highest BCUT2D eigenvalue weighted by atomic mass is 16.5. The molecule has 30 heavy (non-hydrogen) atoms. The molecule has 1 aliphatic rings. The summed E-state index contributed by atoms with van der Waals surface area (Å²) in [5.41, 5.74) is 6.34. The van der Waals surface area contributed by atoms with Crippen LogP contribution in [-0.2, 0) is 33.4 Å². The number of esters is 2. The summed E-state index contributed by atoms with van der Waals surface area (Å²) in [6.45, 7) is 6.84. The predicted octanol–water partition coefficient (Wildman–Crippen LogP) is 0.691. The van der Waals surface area contributed by atoms with Crippen molar-refractivity contribution in [2.24, 2.45) is 11.7 Å². The van der Waals surface area contributed by atoms with Crippen LogP contribution in [0.4, 0.5) is 0 Å². The zero-order valence-corrected chi connectivity index (χ0v) is 17.4. The Morgan fingerprint density at radius 3 is 1.50 bits per heavy atom. The zero-order valence-electron chi connectivity index (χ0n) is 17.4. The smallest absolute Gasteiger partial charge is 0.336 e. The number of dihydropyridines is 1. The zero-order chi connectivity index (χ0) is 23.4. The summed E-state index contributed by atoms with van der Waals surface area (Å²) in [6.07, 6.45) is 0.0866. The molecule has 5 N–H and O–H groups in total. The van der Waals surface area contributed by atoms with Crippen molar-refractivity contribution < 1.29 is 43.7 Å². The average molecular weight is 428 g/mol. The van der Waals surface area contributed by atoms with Crippen LogP contribution in [0.5, 0.6) is 0 Å². The van der Waals surface area contributed by atoms with Crippen LogP contribution < -0.4 is 11.1 Å². The first-order valence-electron chi connectivity index (χ1n) is 9.23. The van der Waals surface area contributed by atoms with Crippen molar-refractivity contribution in [1.82, 2.24) is 5.32 Å². The molecule has 0 spiro atoms. The van der Waals surface area contributed by atoms with Crippen LogP contribution in [0, 0.1) is 5.92 Å². The van der Waals surface area contributed by atoms with Gasteiger partial charge in [0.1, 0.15) is 5.92 Å². The van der Waals surface area contributed by atoms with Crippen molar-refractivity contribution >= 4 is 29.8 Å². The standard InChI is InChI=1S/C14H20N2O5.C5H8O4/c1-5-20-13(18)9-7(3)16-8(4)10(11(9)12(15)17)14(19)21-6-2;6-4(7)2-1-3-5(8)9/h11,16H,5-6H2,1-4H3,(H2,15,17);1-3H2,(H,6,7)(H,8,9). The van der Waals surface area contributed by atoms with Crippen LogP contribution in [0.1, 0.15) is 47.0 Å². The van der Waals surface area contributed by atoms with E-state index >= 15 is 0 Å². The van der Waals surface area contributed by atoms with E-state index in [2.05, 4.69) is 5.32 Å². The minimum absolute atomic E-state index is 0.0398. The van der Waals surface area contributed by atoms with E-state index in [4.69, 9.17) is 25.4 Å². The van der Waals surface area contributed by atoms with E-state index in [0.717, 1.165) is 0 Å². The number of hydrogen-bond acceptors (Lipinski definition) is 8. The molecule has 11 heteroatoms. The number of nitrogens with two attached hydrogens (primary N) is 1. The van der Waals surface area contributed by atoms with Crippen LogP contribution in [0.3, 0.4) is 0 Å². The molecule has 1 amide bonds. The Balaban J connectivity index is 0.000000787. The van der Waals surface area contributed by atoms with Gasteiger partial charge in [0, 0.05) is 24.2 Å². The largest absolute Gasteiger partial charge is 0.481 e. The molecular weight excluding hydrogens is 400 g/mol. The maximum atomic E-state index is 12.1. The lowest BCUT2D eigenvalue weighted by Gasteiger charge is -2.28. The number of primary amides is 1. The monoisotopic (exact) mass is 428 g/mol. The van der Waals surface area contributed by atoms with Gasteiger partial charge in [0.25, 0.3) is 0 Å². The highest BCUT2D eigenvalue weighted by Crippen LogP contribution is 2.31. The first kappa shape index (κ1) is 26.6. The minimum atomic E-state index is -1.18. The lowest BCUT2D eigenvalue weighted by molar-refractivity contribution is -0.142. The molecule has 0 radical (unpaired) electrons. The third-order valence-electron chi connectivity index (χ3n) is 3.82. The number of carboxylic acid groups (broad SMARTS) is 2. The van der Waals surface area contributed by atoms with Crippen molar-refractivity contribution in [1.29, 1.82) is 0 Å². The third kappa shape index (κ3) is 8.33. The summed E-state index contributed by atoms with van der Waals surface area (Å²) in [6, 6.07) is 0. The Morgan fingerprint density at radius 1 is 0.867 bits per heavy atom. The Kier molecular flexibility index (Phi) is 11.5. The van der Waals surface area contributed by atoms with Gasteiger partial charge in [-0.25, -0.2) is 9.59 Å². The fraction of sp³-hybridized carbons (Fsp3) is 0.526. The molecule has 168 valence electrons. The Hall–Kier alpha value is -3.37. The number of nitrogens with one attached hydrogen (secondary N) is 1. The summed E-state index contributed by atoms with van der Waals surface area (Å²) in [5.74, 6) is -5.24. The summed E-state index contributed by atoms with van der Waals surface area (Å²) in [7, 11) is 0. The van der Waals surface area contributed by atoms with Gasteiger partial charge in [-0.3, -0.25) is 14.4 Å². The molecule has 0 fully saturated rings. The SMILES string of the molecule is CCOC(=O)C1=C(C)NC(C)=C(C(=O)OCC)C1C(N)=O.O=C(O)CCCC(=O)O. The predicted molar refractivity (Wildman–Crippen MR) is 104 cm³/mol. The molecule has 0 aromatic heterocycles. The third-order valence-corrected chi connectivity index (χ3v) is 3.82. The highest BCUT2D eigenvalue weighted by molar-refractivity contribution is 6.06. The quantitative estimate of drug-likeness (QED) is 0.381. The second-order valence-electron chi connectivity index (χ2n) is 6.12. The topological polar surface area (TPSA) is 182 Å². The number of rotatable bonds is 9. The minimum Gasteiger partial charge on any atom is -0.481 e. The van der Waals surface area contributed by atoms with E-state index in [9.17, 15) is 24.0 Å². The molecule has 11 nitrogen and oxygen atoms in total. The van der Waals surface area contributed by atoms with Gasteiger partial charge >= 0.3 is 23.9 Å². The molecular formula is C19H28N2O9. The Labute approximate surface area is 173 Å². The number of amides is 1. The molecule has 0 unspecified atom stereocenters. The van der Waals surface area contributed by atoms with Crippen LogP contribution in [0.25, 0.3) is 0 Å². The van der Waals surface area contributed by atoms with Gasteiger partial charge in [-0.15, -0.1) is 0 Å². The maximum Gasteiger partial charge on any atom is 0.336 e. The van der Waals surface area contributed by atoms with Gasteiger partial charge < -0.3 is 30.7 Å². The Bertz CT molecular complexity index is 699. The maximum absolute atomic E-state index is 12.1. The summed E-state index contributed by atoms with van der Waals surface area (Å²) in [4.78, 5) is 55.5. The molecule has 1 aliphatic heterocycles. The second-order valence-corrected chi connectivity index (χ2v) is 6.12. The molecule has 0 aromatic rings. The van der Waals surface area contributed by atoms with E-state index in [-0.39, 0.29) is 43.6 Å². The van der Waals surface area contributed by atoms with Gasteiger partial charge in [0.15, 0.2) is 0 Å². The summed E-state index contributed by atoms with van der Waals surface area (Å²) >= 11 is 0. The first-order valence-corrected chi connectivity index (χ1v) is 9.23. The van der Waals surface area contributed by atoms with Crippen molar-refractivity contribution in [3.8, 4) is 0 Å². The van der Waals surface area contributed by atoms with Crippen molar-refractivity contribution in [3.05, 3.63) is 22.5 Å². The van der Waals surface area contributed by atoms with Crippen LogP contribution in [-0.4, -0.2) is 53.2 Å². The van der Waals surface area contributed by atoms with Crippen LogP contribution in [0.15, 0.2) is 22.5 Å². The number of hydrogen-bond donors (Lipinski definition) is 4. The fourth-order valence-corrected chi connectivity index (χ4v) is 2.63. The Morgan fingerprint density at radius 2 is 1.23 bits per heavy atom. The van der Waals surface area contributed by atoms with Crippen molar-refractivity contribution in [3.63, 3.8) is 0 Å². The van der Waals surface area contributed by atoms with Gasteiger partial charge in [0.05, 0.1) is 24.4 Å². The van der Waals surface area contributed by atoms with Crippen molar-refractivity contribution in [2.45, 2.75) is 47.0 Å². The molecule has 1 rings (SSSR count). The van der Waals surface area contributed by atoms with Crippen molar-refractivity contribution in [2.75, 3.05) is 13.2 Å². The van der Waals surface area contributed by atoms with Crippen LogP contribution in [0.2, 0.25) is 0 Å². The molecule has 1 heterocycles. The van der Waals surface area contributed by atoms with Gasteiger partial charge in [0.2, 0.25) is 5.91 Å². The highest BCUT2D eigenvalue weighted by Gasteiger charge is 2.40. The molecule has 0 aromatic carbocycles. The number of carboxylic acids is 2. The van der Waals surface area contributed by atoms with E-state index in [1.165, 1.54) is 0 Å². The number of ether oxygens (including phenoxy) is 2. The number of allylic oxidation sites excluding steroid dienone is 2. The van der Waals surface area contributed by atoms with E-state index in [1.807, 2.05) is 0 Å². The fourth-order valence-electron chi connectivity index (χ4n) is 2.63. The molecule has 0 saturated heterocycles. The van der Waals surface area contributed by atoms with Crippen LogP contribution >= 0.6 is 0 Å². The molecule has 0 atom stereocenters. The molecule has 0 aliphatic carbocycles. The molecule has 0 saturated carbocycles.